The number of carbonyl (C=O) groups excluding carboxylic acids is 1. The predicted octanol–water partition coefficient (Wildman–Crippen LogP) is 4.00. The van der Waals surface area contributed by atoms with E-state index in [1.807, 2.05) is 0 Å². The minimum atomic E-state index is -4.38. The molecule has 3 nitrogen and oxygen atoms in total. The molecule has 0 aliphatic heterocycles. The molecule has 7 heteroatoms. The van der Waals surface area contributed by atoms with Crippen LogP contribution in [0.2, 0.25) is 0 Å². The molecular formula is C13H14BrF3O3. The van der Waals surface area contributed by atoms with Crippen molar-refractivity contribution in [3.63, 3.8) is 0 Å². The molecule has 1 rings (SSSR count). The number of halogens is 4. The second-order valence-corrected chi connectivity index (χ2v) is 4.83. The molecule has 112 valence electrons. The second-order valence-electron chi connectivity index (χ2n) is 3.91. The van der Waals surface area contributed by atoms with Gasteiger partial charge in [-0.15, -0.1) is 0 Å². The SMILES string of the molecule is CCOc1ccc(Br)cc1C(=O)CCOCC(F)(F)F. The molecule has 1 aromatic carbocycles. The van der Waals surface area contributed by atoms with E-state index in [9.17, 15) is 18.0 Å². The van der Waals surface area contributed by atoms with Gasteiger partial charge in [-0.1, -0.05) is 15.9 Å². The Morgan fingerprint density at radius 1 is 1.35 bits per heavy atom. The number of benzene rings is 1. The van der Waals surface area contributed by atoms with E-state index in [4.69, 9.17) is 4.74 Å². The lowest BCUT2D eigenvalue weighted by molar-refractivity contribution is -0.173. The van der Waals surface area contributed by atoms with Crippen molar-refractivity contribution in [1.29, 1.82) is 0 Å². The highest BCUT2D eigenvalue weighted by molar-refractivity contribution is 9.10. The minimum absolute atomic E-state index is 0.132. The van der Waals surface area contributed by atoms with Crippen LogP contribution in [0.15, 0.2) is 22.7 Å². The van der Waals surface area contributed by atoms with Gasteiger partial charge in [0.2, 0.25) is 0 Å². The maximum absolute atomic E-state index is 12.0. The van der Waals surface area contributed by atoms with Gasteiger partial charge < -0.3 is 9.47 Å². The first-order valence-corrected chi connectivity index (χ1v) is 6.73. The Labute approximate surface area is 123 Å². The highest BCUT2D eigenvalue weighted by Gasteiger charge is 2.27. The maximum atomic E-state index is 12.0. The van der Waals surface area contributed by atoms with Crippen LogP contribution >= 0.6 is 15.9 Å². The first-order chi connectivity index (χ1) is 9.33. The van der Waals surface area contributed by atoms with Gasteiger partial charge in [0.15, 0.2) is 5.78 Å². The Morgan fingerprint density at radius 2 is 2.05 bits per heavy atom. The van der Waals surface area contributed by atoms with E-state index in [1.54, 1.807) is 25.1 Å². The van der Waals surface area contributed by atoms with Crippen LogP contribution in [-0.2, 0) is 4.74 Å². The summed E-state index contributed by atoms with van der Waals surface area (Å²) in [6.07, 6.45) is -4.51. The van der Waals surface area contributed by atoms with Crippen LogP contribution in [-0.4, -0.2) is 31.8 Å². The summed E-state index contributed by atoms with van der Waals surface area (Å²) >= 11 is 3.24. The molecule has 0 unspecified atom stereocenters. The number of hydrogen-bond acceptors (Lipinski definition) is 3. The van der Waals surface area contributed by atoms with Gasteiger partial charge in [-0.2, -0.15) is 13.2 Å². The Hall–Kier alpha value is -1.08. The quantitative estimate of drug-likeness (QED) is 0.548. The Morgan fingerprint density at radius 3 is 2.65 bits per heavy atom. The smallest absolute Gasteiger partial charge is 0.411 e. The molecule has 0 aliphatic rings. The van der Waals surface area contributed by atoms with Crippen molar-refractivity contribution in [2.24, 2.45) is 0 Å². The summed E-state index contributed by atoms with van der Waals surface area (Å²) in [7, 11) is 0. The predicted molar refractivity (Wildman–Crippen MR) is 71.1 cm³/mol. The Balaban J connectivity index is 2.60. The van der Waals surface area contributed by atoms with E-state index in [0.29, 0.717) is 22.4 Å². The molecule has 0 N–H and O–H groups in total. The van der Waals surface area contributed by atoms with Gasteiger partial charge in [-0.3, -0.25) is 4.79 Å². The fourth-order valence-corrected chi connectivity index (χ4v) is 1.85. The van der Waals surface area contributed by atoms with E-state index in [1.165, 1.54) is 0 Å². The van der Waals surface area contributed by atoms with Crippen LogP contribution in [0, 0.1) is 0 Å². The molecule has 0 bridgehead atoms. The average molecular weight is 355 g/mol. The molecule has 0 atom stereocenters. The number of hydrogen-bond donors (Lipinski definition) is 0. The molecule has 0 heterocycles. The summed E-state index contributed by atoms with van der Waals surface area (Å²) in [5.41, 5.74) is 0.330. The van der Waals surface area contributed by atoms with Crippen molar-refractivity contribution < 1.29 is 27.4 Å². The summed E-state index contributed by atoms with van der Waals surface area (Å²) in [4.78, 5) is 12.0. The van der Waals surface area contributed by atoms with Crippen LogP contribution < -0.4 is 4.74 Å². The van der Waals surface area contributed by atoms with E-state index < -0.39 is 12.8 Å². The summed E-state index contributed by atoms with van der Waals surface area (Å²) in [5, 5.41) is 0. The average Bonchev–Trinajstić information content (AvgIpc) is 2.35. The fraction of sp³-hybridized carbons (Fsp3) is 0.462. The number of ether oxygens (including phenoxy) is 2. The molecule has 20 heavy (non-hydrogen) atoms. The van der Waals surface area contributed by atoms with Gasteiger partial charge >= 0.3 is 6.18 Å². The summed E-state index contributed by atoms with van der Waals surface area (Å²) in [6.45, 7) is 0.544. The molecule has 0 aromatic heterocycles. The Bertz CT molecular complexity index is 461. The van der Waals surface area contributed by atoms with Gasteiger partial charge in [0.05, 0.1) is 18.8 Å². The third-order valence-corrected chi connectivity index (χ3v) is 2.77. The van der Waals surface area contributed by atoms with Crippen LogP contribution in [0.4, 0.5) is 13.2 Å². The maximum Gasteiger partial charge on any atom is 0.411 e. The lowest BCUT2D eigenvalue weighted by Gasteiger charge is -2.10. The number of Topliss-reactive ketones (excluding diaryl/α,β-unsaturated/α-hetero) is 1. The highest BCUT2D eigenvalue weighted by atomic mass is 79.9. The Kier molecular flexibility index (Phi) is 6.48. The van der Waals surface area contributed by atoms with Crippen molar-refractivity contribution in [1.82, 2.24) is 0 Å². The first kappa shape index (κ1) is 17.0. The van der Waals surface area contributed by atoms with Gasteiger partial charge in [0.25, 0.3) is 0 Å². The molecule has 0 spiro atoms. The lowest BCUT2D eigenvalue weighted by Crippen LogP contribution is -2.18. The van der Waals surface area contributed by atoms with E-state index in [-0.39, 0.29) is 18.8 Å². The van der Waals surface area contributed by atoms with Crippen molar-refractivity contribution in [2.75, 3.05) is 19.8 Å². The van der Waals surface area contributed by atoms with Gasteiger partial charge in [-0.05, 0) is 25.1 Å². The number of rotatable bonds is 7. The zero-order valence-electron chi connectivity index (χ0n) is 10.8. The van der Waals surface area contributed by atoms with Crippen LogP contribution in [0.3, 0.4) is 0 Å². The topological polar surface area (TPSA) is 35.5 Å². The fourth-order valence-electron chi connectivity index (χ4n) is 1.49. The number of ketones is 1. The van der Waals surface area contributed by atoms with Crippen molar-refractivity contribution in [3.05, 3.63) is 28.2 Å². The van der Waals surface area contributed by atoms with Gasteiger partial charge in [0.1, 0.15) is 12.4 Å². The summed E-state index contributed by atoms with van der Waals surface area (Å²) < 4.78 is 46.1. The number of carbonyl (C=O) groups is 1. The third kappa shape index (κ3) is 5.92. The molecule has 0 fully saturated rings. The molecule has 0 saturated carbocycles. The van der Waals surface area contributed by atoms with Crippen molar-refractivity contribution >= 4 is 21.7 Å². The molecule has 1 aromatic rings. The van der Waals surface area contributed by atoms with E-state index in [0.717, 1.165) is 0 Å². The van der Waals surface area contributed by atoms with Crippen LogP contribution in [0.1, 0.15) is 23.7 Å². The van der Waals surface area contributed by atoms with Gasteiger partial charge in [-0.25, -0.2) is 0 Å². The third-order valence-electron chi connectivity index (χ3n) is 2.28. The number of alkyl halides is 3. The monoisotopic (exact) mass is 354 g/mol. The lowest BCUT2D eigenvalue weighted by atomic mass is 10.1. The summed E-state index contributed by atoms with van der Waals surface area (Å²) in [6, 6.07) is 4.94. The summed E-state index contributed by atoms with van der Waals surface area (Å²) in [5.74, 6) is 0.0912. The van der Waals surface area contributed by atoms with Crippen molar-refractivity contribution in [2.45, 2.75) is 19.5 Å². The second kappa shape index (κ2) is 7.64. The molecular weight excluding hydrogens is 341 g/mol. The van der Waals surface area contributed by atoms with Crippen molar-refractivity contribution in [3.8, 4) is 5.75 Å². The highest BCUT2D eigenvalue weighted by Crippen LogP contribution is 2.24. The van der Waals surface area contributed by atoms with E-state index >= 15 is 0 Å². The van der Waals surface area contributed by atoms with Gasteiger partial charge in [0, 0.05) is 10.9 Å². The standard InChI is InChI=1S/C13H14BrF3O3/c1-2-20-12-4-3-9(14)7-10(12)11(18)5-6-19-8-13(15,16)17/h3-4,7H,2,5-6,8H2,1H3. The van der Waals surface area contributed by atoms with Crippen LogP contribution in [0.25, 0.3) is 0 Å². The normalized spacial score (nSPS) is 11.4. The molecule has 0 amide bonds. The molecule has 0 radical (unpaired) electrons. The largest absolute Gasteiger partial charge is 0.493 e. The zero-order valence-corrected chi connectivity index (χ0v) is 12.4. The first-order valence-electron chi connectivity index (χ1n) is 5.93. The van der Waals surface area contributed by atoms with E-state index in [2.05, 4.69) is 20.7 Å². The molecule has 0 saturated heterocycles. The van der Waals surface area contributed by atoms with Crippen LogP contribution in [0.5, 0.6) is 5.75 Å². The zero-order chi connectivity index (χ0) is 15.2. The minimum Gasteiger partial charge on any atom is -0.493 e. The molecule has 0 aliphatic carbocycles.